The summed E-state index contributed by atoms with van der Waals surface area (Å²) in [6.45, 7) is 3.46. The van der Waals surface area contributed by atoms with Crippen LogP contribution in [0, 0.1) is 0 Å². The summed E-state index contributed by atoms with van der Waals surface area (Å²) in [5.41, 5.74) is 0.751. The lowest BCUT2D eigenvalue weighted by atomic mass is 10.2. The lowest BCUT2D eigenvalue weighted by Crippen LogP contribution is -2.47. The van der Waals surface area contributed by atoms with Crippen molar-refractivity contribution >= 4 is 23.4 Å². The highest BCUT2D eigenvalue weighted by Gasteiger charge is 2.23. The van der Waals surface area contributed by atoms with E-state index >= 15 is 0 Å². The van der Waals surface area contributed by atoms with Crippen molar-refractivity contribution in [1.29, 1.82) is 0 Å². The highest BCUT2D eigenvalue weighted by atomic mass is 35.5. The van der Waals surface area contributed by atoms with Gasteiger partial charge < -0.3 is 20.1 Å². The molecule has 1 saturated heterocycles. The monoisotopic (exact) mass is 405 g/mol. The molecule has 28 heavy (non-hydrogen) atoms. The molecule has 1 aromatic carbocycles. The summed E-state index contributed by atoms with van der Waals surface area (Å²) in [4.78, 5) is 43.2. The van der Waals surface area contributed by atoms with Gasteiger partial charge in [0.05, 0.1) is 0 Å². The minimum atomic E-state index is -0.358. The number of hydrogen-bond donors (Lipinski definition) is 2. The Kier molecular flexibility index (Phi) is 6.53. The average Bonchev–Trinajstić information content (AvgIpc) is 3.03. The zero-order chi connectivity index (χ0) is 20.1. The number of benzene rings is 1. The first-order valence-electron chi connectivity index (χ1n) is 9.22. The van der Waals surface area contributed by atoms with Gasteiger partial charge in [0.25, 0.3) is 5.91 Å². The number of imidazole rings is 1. The summed E-state index contributed by atoms with van der Waals surface area (Å²) in [5.74, 6) is -0.290. The largest absolute Gasteiger partial charge is 0.340 e. The van der Waals surface area contributed by atoms with E-state index < -0.39 is 0 Å². The van der Waals surface area contributed by atoms with Crippen LogP contribution in [-0.2, 0) is 18.4 Å². The Hall–Kier alpha value is -2.58. The predicted molar refractivity (Wildman–Crippen MR) is 106 cm³/mol. The van der Waals surface area contributed by atoms with Crippen molar-refractivity contribution in [1.82, 2.24) is 24.7 Å². The Morgan fingerprint density at radius 2 is 2.00 bits per heavy atom. The summed E-state index contributed by atoms with van der Waals surface area (Å²) in [7, 11) is 1.54. The van der Waals surface area contributed by atoms with Crippen LogP contribution in [0.5, 0.6) is 0 Å². The van der Waals surface area contributed by atoms with E-state index in [0.29, 0.717) is 24.7 Å². The first-order chi connectivity index (χ1) is 13.5. The Morgan fingerprint density at radius 1 is 1.25 bits per heavy atom. The molecule has 0 bridgehead atoms. The number of nitrogens with one attached hydrogen (secondary N) is 2. The molecule has 2 amide bonds. The molecule has 1 fully saturated rings. The van der Waals surface area contributed by atoms with Gasteiger partial charge in [0.1, 0.15) is 5.69 Å². The van der Waals surface area contributed by atoms with Crippen molar-refractivity contribution < 1.29 is 9.59 Å². The van der Waals surface area contributed by atoms with Gasteiger partial charge in [-0.3, -0.25) is 14.2 Å². The molecular weight excluding hydrogens is 382 g/mol. The minimum absolute atomic E-state index is 0.0216. The number of aromatic amines is 1. The second kappa shape index (κ2) is 9.07. The normalized spacial score (nSPS) is 14.1. The molecule has 1 aliphatic heterocycles. The molecule has 0 aliphatic carbocycles. The Morgan fingerprint density at radius 3 is 2.64 bits per heavy atom. The van der Waals surface area contributed by atoms with Crippen LogP contribution in [0.2, 0.25) is 5.02 Å². The summed E-state index contributed by atoms with van der Waals surface area (Å²) < 4.78 is 1.27. The quantitative estimate of drug-likeness (QED) is 0.744. The van der Waals surface area contributed by atoms with Crippen molar-refractivity contribution in [2.24, 2.45) is 7.05 Å². The predicted octanol–water partition coefficient (Wildman–Crippen LogP) is 0.831. The third kappa shape index (κ3) is 4.82. The van der Waals surface area contributed by atoms with Gasteiger partial charge in [-0.2, -0.15) is 0 Å². The van der Waals surface area contributed by atoms with Crippen LogP contribution in [0.4, 0.5) is 0 Å². The van der Waals surface area contributed by atoms with E-state index in [-0.39, 0.29) is 36.2 Å². The molecular formula is C19H24ClN5O3. The maximum absolute atomic E-state index is 13.0. The number of piperazine rings is 1. The number of nitrogens with zero attached hydrogens (tertiary/aromatic N) is 3. The van der Waals surface area contributed by atoms with Gasteiger partial charge in [0.15, 0.2) is 0 Å². The van der Waals surface area contributed by atoms with Gasteiger partial charge in [-0.05, 0) is 17.7 Å². The average molecular weight is 406 g/mol. The molecule has 0 unspecified atom stereocenters. The van der Waals surface area contributed by atoms with Gasteiger partial charge >= 0.3 is 5.69 Å². The molecule has 8 nitrogen and oxygen atoms in total. The minimum Gasteiger partial charge on any atom is -0.340 e. The zero-order valence-corrected chi connectivity index (χ0v) is 16.5. The Bertz CT molecular complexity index is 901. The van der Waals surface area contributed by atoms with E-state index in [1.54, 1.807) is 17.0 Å². The topological polar surface area (TPSA) is 90.4 Å². The van der Waals surface area contributed by atoms with Crippen LogP contribution >= 0.6 is 11.6 Å². The molecule has 2 aromatic rings. The Labute approximate surface area is 168 Å². The van der Waals surface area contributed by atoms with Crippen LogP contribution in [0.25, 0.3) is 0 Å². The summed E-state index contributed by atoms with van der Waals surface area (Å²) in [5, 5.41) is 3.79. The summed E-state index contributed by atoms with van der Waals surface area (Å²) in [6, 6.07) is 7.25. The summed E-state index contributed by atoms with van der Waals surface area (Å²) >= 11 is 6.06. The van der Waals surface area contributed by atoms with Crippen molar-refractivity contribution in [3.05, 3.63) is 57.2 Å². The fraction of sp³-hybridized carbons (Fsp3) is 0.421. The fourth-order valence-electron chi connectivity index (χ4n) is 3.21. The SMILES string of the molecule is Cn1c(C(=O)N(CCC(=O)N2CCNCC2)Cc2cccc(Cl)c2)c[nH]c1=O. The van der Waals surface area contributed by atoms with Gasteiger partial charge in [0, 0.05) is 64.0 Å². The third-order valence-electron chi connectivity index (χ3n) is 4.83. The highest BCUT2D eigenvalue weighted by Crippen LogP contribution is 2.15. The standard InChI is InChI=1S/C19H24ClN5O3/c1-23-16(12-22-19(23)28)18(27)25(13-14-3-2-4-15(20)11-14)8-5-17(26)24-9-6-21-7-10-24/h2-4,11-12,21H,5-10,13H2,1H3,(H,22,28). The molecule has 9 heteroatoms. The second-order valence-corrected chi connectivity index (χ2v) is 7.21. The van der Waals surface area contributed by atoms with E-state index in [1.165, 1.54) is 17.8 Å². The summed E-state index contributed by atoms with van der Waals surface area (Å²) in [6.07, 6.45) is 1.62. The number of aromatic nitrogens is 2. The highest BCUT2D eigenvalue weighted by molar-refractivity contribution is 6.30. The van der Waals surface area contributed by atoms with E-state index in [2.05, 4.69) is 10.3 Å². The number of carbonyl (C=O) groups is 2. The molecule has 1 aliphatic rings. The maximum atomic E-state index is 13.0. The van der Waals surface area contributed by atoms with Crippen LogP contribution in [0.15, 0.2) is 35.3 Å². The number of rotatable bonds is 6. The second-order valence-electron chi connectivity index (χ2n) is 6.78. The molecule has 3 rings (SSSR count). The first-order valence-corrected chi connectivity index (χ1v) is 9.60. The lowest BCUT2D eigenvalue weighted by Gasteiger charge is -2.29. The van der Waals surface area contributed by atoms with Gasteiger partial charge in [0.2, 0.25) is 5.91 Å². The number of halogens is 1. The number of H-pyrrole nitrogens is 1. The van der Waals surface area contributed by atoms with E-state index in [4.69, 9.17) is 11.6 Å². The number of amides is 2. The molecule has 1 aromatic heterocycles. The number of carbonyl (C=O) groups excluding carboxylic acids is 2. The Balaban J connectivity index is 1.75. The molecule has 150 valence electrons. The van der Waals surface area contributed by atoms with E-state index in [1.807, 2.05) is 17.0 Å². The van der Waals surface area contributed by atoms with Crippen LogP contribution in [0.1, 0.15) is 22.5 Å². The van der Waals surface area contributed by atoms with Crippen LogP contribution < -0.4 is 11.0 Å². The first kappa shape index (κ1) is 20.2. The zero-order valence-electron chi connectivity index (χ0n) is 15.8. The van der Waals surface area contributed by atoms with Gasteiger partial charge in [-0.15, -0.1) is 0 Å². The molecule has 2 N–H and O–H groups in total. The van der Waals surface area contributed by atoms with Crippen molar-refractivity contribution in [3.8, 4) is 0 Å². The van der Waals surface area contributed by atoms with Crippen molar-refractivity contribution in [2.75, 3.05) is 32.7 Å². The lowest BCUT2D eigenvalue weighted by molar-refractivity contribution is -0.132. The van der Waals surface area contributed by atoms with Crippen molar-refractivity contribution in [3.63, 3.8) is 0 Å². The molecule has 0 atom stereocenters. The molecule has 2 heterocycles. The van der Waals surface area contributed by atoms with Crippen LogP contribution in [-0.4, -0.2) is 63.9 Å². The fourth-order valence-corrected chi connectivity index (χ4v) is 3.42. The van der Waals surface area contributed by atoms with Gasteiger partial charge in [-0.1, -0.05) is 23.7 Å². The smallest absolute Gasteiger partial charge is 0.325 e. The van der Waals surface area contributed by atoms with Crippen LogP contribution in [0.3, 0.4) is 0 Å². The molecule has 0 spiro atoms. The third-order valence-corrected chi connectivity index (χ3v) is 5.07. The van der Waals surface area contributed by atoms with Crippen molar-refractivity contribution in [2.45, 2.75) is 13.0 Å². The molecule has 0 radical (unpaired) electrons. The van der Waals surface area contributed by atoms with E-state index in [0.717, 1.165) is 18.7 Å². The molecule has 0 saturated carbocycles. The van der Waals surface area contributed by atoms with E-state index in [9.17, 15) is 14.4 Å². The number of hydrogen-bond acceptors (Lipinski definition) is 4. The van der Waals surface area contributed by atoms with Gasteiger partial charge in [-0.25, -0.2) is 4.79 Å². The maximum Gasteiger partial charge on any atom is 0.325 e.